The molecule has 0 heterocycles. The molecular formula is C12H12I2O2. The van der Waals surface area contributed by atoms with Gasteiger partial charge in [-0.2, -0.15) is 0 Å². The average Bonchev–Trinajstić information content (AvgIpc) is 2.25. The number of rotatable bonds is 4. The summed E-state index contributed by atoms with van der Waals surface area (Å²) in [5, 5.41) is 0. The van der Waals surface area contributed by atoms with Crippen LogP contribution in [0.3, 0.4) is 0 Å². The monoisotopic (exact) mass is 442 g/mol. The maximum atomic E-state index is 11.6. The Kier molecular flexibility index (Phi) is 5.23. The van der Waals surface area contributed by atoms with Gasteiger partial charge < -0.3 is 3.07 Å². The second kappa shape index (κ2) is 6.00. The molecule has 0 atom stereocenters. The fraction of sp³-hybridized carbons (Fsp3) is 0.250. The molecule has 0 radical (unpaired) electrons. The first-order valence-electron chi connectivity index (χ1n) is 4.73. The third-order valence-electron chi connectivity index (χ3n) is 1.98. The quantitative estimate of drug-likeness (QED) is 0.397. The Hall–Kier alpha value is -0.110. The van der Waals surface area contributed by atoms with Crippen molar-refractivity contribution in [3.63, 3.8) is 0 Å². The second-order valence-corrected chi connectivity index (χ2v) is 6.95. The van der Waals surface area contributed by atoms with E-state index in [4.69, 9.17) is 3.07 Å². The molecule has 0 bridgehead atoms. The SMILES string of the molecule is CC(C)(I)C(=O)/C=C/c1ccc(OI)cc1. The van der Waals surface area contributed by atoms with Crippen LogP contribution in [0.25, 0.3) is 6.08 Å². The zero-order valence-corrected chi connectivity index (χ0v) is 13.4. The van der Waals surface area contributed by atoms with Crippen molar-refractivity contribution in [1.29, 1.82) is 0 Å². The van der Waals surface area contributed by atoms with E-state index >= 15 is 0 Å². The van der Waals surface area contributed by atoms with Gasteiger partial charge >= 0.3 is 0 Å². The molecule has 1 rings (SSSR count). The van der Waals surface area contributed by atoms with Crippen molar-refractivity contribution in [3.8, 4) is 5.75 Å². The van der Waals surface area contributed by atoms with E-state index in [9.17, 15) is 4.79 Å². The van der Waals surface area contributed by atoms with E-state index in [0.29, 0.717) is 0 Å². The van der Waals surface area contributed by atoms with Crippen LogP contribution in [0.1, 0.15) is 19.4 Å². The number of alkyl halides is 1. The Bertz CT molecular complexity index is 388. The Labute approximate surface area is 123 Å². The molecule has 2 nitrogen and oxygen atoms in total. The summed E-state index contributed by atoms with van der Waals surface area (Å²) < 4.78 is 4.68. The average molecular weight is 442 g/mol. The fourth-order valence-corrected chi connectivity index (χ4v) is 1.47. The smallest absolute Gasteiger partial charge is 0.192 e. The first kappa shape index (κ1) is 14.0. The highest BCUT2D eigenvalue weighted by molar-refractivity contribution is 14.1. The molecule has 0 amide bonds. The molecular weight excluding hydrogens is 430 g/mol. The zero-order valence-electron chi connectivity index (χ0n) is 9.04. The third kappa shape index (κ3) is 4.40. The summed E-state index contributed by atoms with van der Waals surface area (Å²) >= 11 is 3.97. The van der Waals surface area contributed by atoms with Crippen LogP contribution >= 0.6 is 45.6 Å². The van der Waals surface area contributed by atoms with Crippen LogP contribution in [0.2, 0.25) is 0 Å². The molecule has 0 aliphatic heterocycles. The predicted octanol–water partition coefficient (Wildman–Crippen LogP) is 4.21. The standard InChI is InChI=1S/C12H12I2O2/c1-12(2,13)11(15)8-5-9-3-6-10(16-14)7-4-9/h3-8H,1-2H3/b8-5+. The van der Waals surface area contributed by atoms with Crippen LogP contribution in [0, 0.1) is 0 Å². The highest BCUT2D eigenvalue weighted by atomic mass is 127. The van der Waals surface area contributed by atoms with Gasteiger partial charge in [0.05, 0.1) is 3.42 Å². The second-order valence-electron chi connectivity index (χ2n) is 3.82. The fourth-order valence-electron chi connectivity index (χ4n) is 1.00. The van der Waals surface area contributed by atoms with Gasteiger partial charge in [-0.25, -0.2) is 0 Å². The molecule has 0 aliphatic carbocycles. The number of hydrogen-bond acceptors (Lipinski definition) is 2. The van der Waals surface area contributed by atoms with E-state index in [1.54, 1.807) is 6.08 Å². The van der Waals surface area contributed by atoms with Gasteiger partial charge in [-0.05, 0) is 37.6 Å². The van der Waals surface area contributed by atoms with Gasteiger partial charge in [0, 0.05) is 0 Å². The molecule has 86 valence electrons. The molecule has 0 aliphatic rings. The molecule has 0 saturated heterocycles. The topological polar surface area (TPSA) is 26.3 Å². The van der Waals surface area contributed by atoms with Gasteiger partial charge in [-0.3, -0.25) is 4.79 Å². The summed E-state index contributed by atoms with van der Waals surface area (Å²) in [6, 6.07) is 7.56. The van der Waals surface area contributed by atoms with Gasteiger partial charge in [0.1, 0.15) is 5.75 Å². The van der Waals surface area contributed by atoms with Gasteiger partial charge in [0.25, 0.3) is 0 Å². The molecule has 0 saturated carbocycles. The van der Waals surface area contributed by atoms with Gasteiger partial charge in [-0.1, -0.05) is 40.8 Å². The summed E-state index contributed by atoms with van der Waals surface area (Å²) in [5.74, 6) is 0.917. The highest BCUT2D eigenvalue weighted by Crippen LogP contribution is 2.19. The van der Waals surface area contributed by atoms with E-state index in [-0.39, 0.29) is 9.20 Å². The maximum Gasteiger partial charge on any atom is 0.192 e. The van der Waals surface area contributed by atoms with Gasteiger partial charge in [-0.15, -0.1) is 0 Å². The number of halogens is 2. The molecule has 1 aromatic rings. The highest BCUT2D eigenvalue weighted by Gasteiger charge is 2.20. The summed E-state index contributed by atoms with van der Waals surface area (Å²) in [5.41, 5.74) is 0.992. The van der Waals surface area contributed by atoms with E-state index in [1.165, 1.54) is 0 Å². The minimum Gasteiger partial charge on any atom is -0.428 e. The molecule has 0 N–H and O–H groups in total. The minimum absolute atomic E-state index is 0.113. The van der Waals surface area contributed by atoms with Crippen molar-refractivity contribution >= 4 is 57.5 Å². The van der Waals surface area contributed by atoms with E-state index in [0.717, 1.165) is 11.3 Å². The van der Waals surface area contributed by atoms with E-state index < -0.39 is 0 Å². The summed E-state index contributed by atoms with van der Waals surface area (Å²) in [6.45, 7) is 3.79. The number of ketones is 1. The first-order chi connectivity index (χ1) is 7.43. The molecule has 0 fully saturated rings. The Morgan fingerprint density at radius 2 is 1.88 bits per heavy atom. The van der Waals surface area contributed by atoms with E-state index in [1.807, 2.05) is 67.2 Å². The lowest BCUT2D eigenvalue weighted by Crippen LogP contribution is -2.21. The summed E-state index contributed by atoms with van der Waals surface area (Å²) in [4.78, 5) is 11.6. The molecule has 1 aromatic carbocycles. The first-order valence-corrected chi connectivity index (χ1v) is 6.69. The van der Waals surface area contributed by atoms with Crippen molar-refractivity contribution in [2.24, 2.45) is 0 Å². The number of hydrogen-bond donors (Lipinski definition) is 0. The molecule has 16 heavy (non-hydrogen) atoms. The third-order valence-corrected chi connectivity index (χ3v) is 3.02. The van der Waals surface area contributed by atoms with Crippen LogP contribution < -0.4 is 3.07 Å². The predicted molar refractivity (Wildman–Crippen MR) is 83.2 cm³/mol. The Morgan fingerprint density at radius 3 is 2.31 bits per heavy atom. The minimum atomic E-state index is -0.348. The van der Waals surface area contributed by atoms with E-state index in [2.05, 4.69) is 22.6 Å². The van der Waals surface area contributed by atoms with Crippen molar-refractivity contribution in [2.75, 3.05) is 0 Å². The Morgan fingerprint density at radius 1 is 1.31 bits per heavy atom. The largest absolute Gasteiger partial charge is 0.428 e. The van der Waals surface area contributed by atoms with Crippen molar-refractivity contribution in [1.82, 2.24) is 0 Å². The van der Waals surface area contributed by atoms with Gasteiger partial charge in [0.15, 0.2) is 28.8 Å². The summed E-state index contributed by atoms with van der Waals surface area (Å²) in [6.07, 6.45) is 3.44. The lowest BCUT2D eigenvalue weighted by atomic mass is 10.1. The van der Waals surface area contributed by atoms with Crippen molar-refractivity contribution < 1.29 is 7.86 Å². The Balaban J connectivity index is 2.73. The van der Waals surface area contributed by atoms with Crippen LogP contribution in [0.4, 0.5) is 0 Å². The van der Waals surface area contributed by atoms with Crippen LogP contribution in [-0.4, -0.2) is 9.20 Å². The van der Waals surface area contributed by atoms with Crippen molar-refractivity contribution in [2.45, 2.75) is 17.3 Å². The molecule has 0 unspecified atom stereocenters. The molecule has 4 heteroatoms. The number of carbonyl (C=O) groups is 1. The van der Waals surface area contributed by atoms with Gasteiger partial charge in [0.2, 0.25) is 0 Å². The number of benzene rings is 1. The molecule has 0 spiro atoms. The van der Waals surface area contributed by atoms with Crippen LogP contribution in [-0.2, 0) is 4.79 Å². The normalized spacial score (nSPS) is 11.8. The van der Waals surface area contributed by atoms with Crippen LogP contribution in [0.5, 0.6) is 5.75 Å². The maximum absolute atomic E-state index is 11.6. The lowest BCUT2D eigenvalue weighted by Gasteiger charge is -2.10. The summed E-state index contributed by atoms with van der Waals surface area (Å²) in [7, 11) is 0. The van der Waals surface area contributed by atoms with Crippen molar-refractivity contribution in [3.05, 3.63) is 35.9 Å². The lowest BCUT2D eigenvalue weighted by molar-refractivity contribution is -0.115. The molecule has 0 aromatic heterocycles. The van der Waals surface area contributed by atoms with Crippen LogP contribution in [0.15, 0.2) is 30.3 Å². The zero-order chi connectivity index (χ0) is 12.2. The number of allylic oxidation sites excluding steroid dienone is 1. The number of carbonyl (C=O) groups excluding carboxylic acids is 1.